The summed E-state index contributed by atoms with van der Waals surface area (Å²) in [5.41, 5.74) is 1.82. The summed E-state index contributed by atoms with van der Waals surface area (Å²) in [6.45, 7) is 4.50. The van der Waals surface area contributed by atoms with Crippen LogP contribution in [0.3, 0.4) is 0 Å². The summed E-state index contributed by atoms with van der Waals surface area (Å²) in [6, 6.07) is 6.98. The molecule has 0 spiro atoms. The van der Waals surface area contributed by atoms with Crippen molar-refractivity contribution >= 4 is 39.4 Å². The Morgan fingerprint density at radius 2 is 1.85 bits per heavy atom. The topological polar surface area (TPSA) is 97.6 Å². The number of carbonyl (C=O) groups is 3. The number of amides is 2. The van der Waals surface area contributed by atoms with E-state index in [4.69, 9.17) is 9.15 Å². The number of benzene rings is 1. The molecule has 1 heterocycles. The maximum absolute atomic E-state index is 11.9. The van der Waals surface area contributed by atoms with Gasteiger partial charge < -0.3 is 19.8 Å². The number of aryl methyl sites for hydroxylation is 3. The molecule has 2 N–H and O–H groups in total. The van der Waals surface area contributed by atoms with Gasteiger partial charge in [-0.25, -0.2) is 4.79 Å². The molecule has 2 rings (SSSR count). The van der Waals surface area contributed by atoms with Crippen molar-refractivity contribution in [1.82, 2.24) is 5.32 Å². The van der Waals surface area contributed by atoms with Gasteiger partial charge in [-0.3, -0.25) is 9.59 Å². The first-order valence-electron chi connectivity index (χ1n) is 7.83. The Labute approximate surface area is 159 Å². The molecule has 2 aromatic rings. The third kappa shape index (κ3) is 5.45. The number of ether oxygens (including phenoxy) is 1. The molecular weight excluding hydrogens is 404 g/mol. The van der Waals surface area contributed by atoms with E-state index in [-0.39, 0.29) is 18.0 Å². The summed E-state index contributed by atoms with van der Waals surface area (Å²) in [7, 11) is 0. The SMILES string of the molecule is Cc1cc(C(=O)OCC(=O)NCC(=O)Nc2ccc(Br)cc2C)c(C)o1. The maximum atomic E-state index is 11.9. The Morgan fingerprint density at radius 3 is 2.46 bits per heavy atom. The monoisotopic (exact) mass is 422 g/mol. The predicted molar refractivity (Wildman–Crippen MR) is 99.0 cm³/mol. The fraction of sp³-hybridized carbons (Fsp3) is 0.278. The van der Waals surface area contributed by atoms with Gasteiger partial charge in [-0.15, -0.1) is 0 Å². The third-order valence-corrected chi connectivity index (χ3v) is 4.00. The molecule has 7 nitrogen and oxygen atoms in total. The van der Waals surface area contributed by atoms with Crippen LogP contribution in [-0.4, -0.2) is 30.9 Å². The number of carbonyl (C=O) groups excluding carboxylic acids is 3. The molecule has 0 aliphatic heterocycles. The summed E-state index contributed by atoms with van der Waals surface area (Å²) in [4.78, 5) is 35.5. The largest absolute Gasteiger partial charge is 0.466 e. The molecule has 2 amide bonds. The summed E-state index contributed by atoms with van der Waals surface area (Å²) < 4.78 is 11.1. The number of hydrogen-bond donors (Lipinski definition) is 2. The Hall–Kier alpha value is -2.61. The van der Waals surface area contributed by atoms with Crippen LogP contribution in [0.5, 0.6) is 0 Å². The van der Waals surface area contributed by atoms with Gasteiger partial charge in [0.1, 0.15) is 17.1 Å². The number of nitrogens with one attached hydrogen (secondary N) is 2. The molecule has 0 aliphatic carbocycles. The standard InChI is InChI=1S/C18H19BrN2O5/c1-10-6-13(19)4-5-15(10)21-16(22)8-20-17(23)9-25-18(24)14-7-11(2)26-12(14)3/h4-7H,8-9H2,1-3H3,(H,20,23)(H,21,22). The minimum absolute atomic E-state index is 0.226. The Morgan fingerprint density at radius 1 is 1.12 bits per heavy atom. The van der Waals surface area contributed by atoms with Crippen LogP contribution in [0.1, 0.15) is 27.4 Å². The van der Waals surface area contributed by atoms with Gasteiger partial charge in [-0.05, 0) is 50.6 Å². The van der Waals surface area contributed by atoms with E-state index in [1.54, 1.807) is 32.0 Å². The van der Waals surface area contributed by atoms with Crippen LogP contribution in [0.15, 0.2) is 33.2 Å². The highest BCUT2D eigenvalue weighted by atomic mass is 79.9. The molecule has 0 radical (unpaired) electrons. The van der Waals surface area contributed by atoms with Gasteiger partial charge in [0.05, 0.1) is 6.54 Å². The van der Waals surface area contributed by atoms with E-state index in [9.17, 15) is 14.4 Å². The van der Waals surface area contributed by atoms with E-state index < -0.39 is 18.5 Å². The minimum atomic E-state index is -0.649. The lowest BCUT2D eigenvalue weighted by molar-refractivity contribution is -0.126. The molecule has 0 fully saturated rings. The maximum Gasteiger partial charge on any atom is 0.342 e. The average molecular weight is 423 g/mol. The molecular formula is C18H19BrN2O5. The van der Waals surface area contributed by atoms with Crippen molar-refractivity contribution in [2.45, 2.75) is 20.8 Å². The number of halogens is 1. The van der Waals surface area contributed by atoms with Crippen LogP contribution in [0.2, 0.25) is 0 Å². The first kappa shape index (κ1) is 19.7. The van der Waals surface area contributed by atoms with Crippen LogP contribution in [0.25, 0.3) is 0 Å². The van der Waals surface area contributed by atoms with Crippen LogP contribution >= 0.6 is 15.9 Å². The first-order chi connectivity index (χ1) is 12.3. The van der Waals surface area contributed by atoms with E-state index in [0.29, 0.717) is 17.2 Å². The van der Waals surface area contributed by atoms with E-state index in [1.807, 2.05) is 13.0 Å². The molecule has 0 aliphatic rings. The lowest BCUT2D eigenvalue weighted by Crippen LogP contribution is -2.35. The molecule has 0 atom stereocenters. The Balaban J connectivity index is 1.76. The highest BCUT2D eigenvalue weighted by Gasteiger charge is 2.16. The van der Waals surface area contributed by atoms with Gasteiger partial charge in [-0.1, -0.05) is 15.9 Å². The normalized spacial score (nSPS) is 10.3. The fourth-order valence-corrected chi connectivity index (χ4v) is 2.71. The average Bonchev–Trinajstić information content (AvgIpc) is 2.92. The lowest BCUT2D eigenvalue weighted by Gasteiger charge is -2.10. The number of esters is 1. The molecule has 1 aromatic carbocycles. The molecule has 0 saturated carbocycles. The Kier molecular flexibility index (Phi) is 6.57. The second-order valence-electron chi connectivity index (χ2n) is 5.69. The van der Waals surface area contributed by atoms with Crippen LogP contribution in [-0.2, 0) is 14.3 Å². The van der Waals surface area contributed by atoms with E-state index >= 15 is 0 Å². The molecule has 0 bridgehead atoms. The van der Waals surface area contributed by atoms with Gasteiger partial charge in [0.2, 0.25) is 5.91 Å². The van der Waals surface area contributed by atoms with Gasteiger partial charge >= 0.3 is 5.97 Å². The highest BCUT2D eigenvalue weighted by Crippen LogP contribution is 2.19. The molecule has 0 unspecified atom stereocenters. The quantitative estimate of drug-likeness (QED) is 0.697. The zero-order valence-electron chi connectivity index (χ0n) is 14.6. The predicted octanol–water partition coefficient (Wildman–Crippen LogP) is 2.88. The zero-order valence-corrected chi connectivity index (χ0v) is 16.2. The van der Waals surface area contributed by atoms with Crippen LogP contribution < -0.4 is 10.6 Å². The number of hydrogen-bond acceptors (Lipinski definition) is 5. The van der Waals surface area contributed by atoms with Crippen molar-refractivity contribution in [3.8, 4) is 0 Å². The van der Waals surface area contributed by atoms with Gasteiger partial charge in [0.25, 0.3) is 5.91 Å². The number of furan rings is 1. The molecule has 0 saturated heterocycles. The Bertz CT molecular complexity index is 844. The van der Waals surface area contributed by atoms with Gasteiger partial charge in [0.15, 0.2) is 6.61 Å². The number of rotatable bonds is 6. The summed E-state index contributed by atoms with van der Waals surface area (Å²) in [5, 5.41) is 5.10. The fourth-order valence-electron chi connectivity index (χ4n) is 2.23. The first-order valence-corrected chi connectivity index (χ1v) is 8.62. The van der Waals surface area contributed by atoms with Crippen molar-refractivity contribution in [2.24, 2.45) is 0 Å². The van der Waals surface area contributed by atoms with Crippen LogP contribution in [0, 0.1) is 20.8 Å². The molecule has 1 aromatic heterocycles. The van der Waals surface area contributed by atoms with Gasteiger partial charge in [-0.2, -0.15) is 0 Å². The molecule has 138 valence electrons. The molecule has 26 heavy (non-hydrogen) atoms. The van der Waals surface area contributed by atoms with Crippen molar-refractivity contribution in [3.05, 3.63) is 51.4 Å². The van der Waals surface area contributed by atoms with Crippen molar-refractivity contribution in [2.75, 3.05) is 18.5 Å². The van der Waals surface area contributed by atoms with E-state index in [2.05, 4.69) is 26.6 Å². The van der Waals surface area contributed by atoms with Crippen LogP contribution in [0.4, 0.5) is 5.69 Å². The molecule has 8 heteroatoms. The van der Waals surface area contributed by atoms with Gasteiger partial charge in [0, 0.05) is 10.2 Å². The van der Waals surface area contributed by atoms with Crippen molar-refractivity contribution < 1.29 is 23.5 Å². The van der Waals surface area contributed by atoms with E-state index in [0.717, 1.165) is 10.0 Å². The van der Waals surface area contributed by atoms with E-state index in [1.165, 1.54) is 0 Å². The second kappa shape index (κ2) is 8.66. The summed E-state index contributed by atoms with van der Waals surface area (Å²) in [5.74, 6) is -0.587. The third-order valence-electron chi connectivity index (χ3n) is 3.50. The summed E-state index contributed by atoms with van der Waals surface area (Å²) in [6.07, 6.45) is 0. The lowest BCUT2D eigenvalue weighted by atomic mass is 10.2. The van der Waals surface area contributed by atoms with Crippen molar-refractivity contribution in [3.63, 3.8) is 0 Å². The second-order valence-corrected chi connectivity index (χ2v) is 6.60. The number of anilines is 1. The minimum Gasteiger partial charge on any atom is -0.466 e. The highest BCUT2D eigenvalue weighted by molar-refractivity contribution is 9.10. The summed E-state index contributed by atoms with van der Waals surface area (Å²) >= 11 is 3.35. The zero-order chi connectivity index (χ0) is 19.3. The smallest absolute Gasteiger partial charge is 0.342 e. The van der Waals surface area contributed by atoms with Crippen molar-refractivity contribution in [1.29, 1.82) is 0 Å².